The first-order valence-corrected chi connectivity index (χ1v) is 7.05. The van der Waals surface area contributed by atoms with Crippen LogP contribution >= 0.6 is 11.6 Å². The predicted octanol–water partition coefficient (Wildman–Crippen LogP) is 3.58. The Hall–Kier alpha value is -1.74. The van der Waals surface area contributed by atoms with Gasteiger partial charge in [-0.05, 0) is 38.1 Å². The quantitative estimate of drug-likeness (QED) is 0.635. The van der Waals surface area contributed by atoms with Gasteiger partial charge in [0.15, 0.2) is 5.78 Å². The predicted molar refractivity (Wildman–Crippen MR) is 84.6 cm³/mol. The monoisotopic (exact) mass is 290 g/mol. The zero-order valence-electron chi connectivity index (χ0n) is 12.3. The number of aromatic nitrogens is 1. The number of benzene rings is 1. The molecular weight excluding hydrogens is 272 g/mol. The third-order valence-corrected chi connectivity index (χ3v) is 3.70. The number of carbonyl (C=O) groups is 1. The average molecular weight is 291 g/mol. The molecule has 0 saturated heterocycles. The van der Waals surface area contributed by atoms with Crippen LogP contribution in [-0.4, -0.2) is 30.3 Å². The highest BCUT2D eigenvalue weighted by atomic mass is 35.5. The zero-order valence-corrected chi connectivity index (χ0v) is 13.0. The Balaban J connectivity index is 2.56. The number of anilines is 1. The number of aryl methyl sites for hydroxylation is 1. The van der Waals surface area contributed by atoms with Gasteiger partial charge in [-0.15, -0.1) is 11.6 Å². The number of hydrogen-bond donors (Lipinski definition) is 0. The molecule has 0 unspecified atom stereocenters. The summed E-state index contributed by atoms with van der Waals surface area (Å²) >= 11 is 5.67. The van der Waals surface area contributed by atoms with Crippen molar-refractivity contribution < 1.29 is 4.79 Å². The molecule has 0 aliphatic rings. The Bertz CT molecular complexity index is 644. The molecule has 2 aromatic rings. The molecular formula is C16H19ClN2O. The lowest BCUT2D eigenvalue weighted by Crippen LogP contribution is -2.09. The number of Topliss-reactive ketones (excluding diaryl/α,β-unsaturated/α-hetero) is 1. The van der Waals surface area contributed by atoms with Crippen molar-refractivity contribution in [1.82, 2.24) is 4.57 Å². The van der Waals surface area contributed by atoms with Gasteiger partial charge in [0.1, 0.15) is 0 Å². The molecule has 0 fully saturated rings. The van der Waals surface area contributed by atoms with Crippen LogP contribution in [0.3, 0.4) is 0 Å². The molecule has 0 amide bonds. The van der Waals surface area contributed by atoms with Gasteiger partial charge in [0, 0.05) is 42.4 Å². The second-order valence-corrected chi connectivity index (χ2v) is 5.36. The second-order valence-electron chi connectivity index (χ2n) is 5.09. The molecule has 106 valence electrons. The fourth-order valence-corrected chi connectivity index (χ4v) is 2.57. The summed E-state index contributed by atoms with van der Waals surface area (Å²) in [6, 6.07) is 10.1. The van der Waals surface area contributed by atoms with Crippen LogP contribution in [0.5, 0.6) is 0 Å². The molecule has 1 heterocycles. The van der Waals surface area contributed by atoms with Gasteiger partial charge in [0.05, 0.1) is 5.88 Å². The Kier molecular flexibility index (Phi) is 4.19. The molecule has 1 aromatic carbocycles. The molecule has 3 nitrogen and oxygen atoms in total. The first-order chi connectivity index (χ1) is 9.45. The molecule has 0 aliphatic heterocycles. The molecule has 0 radical (unpaired) electrons. The van der Waals surface area contributed by atoms with Crippen LogP contribution in [0.25, 0.3) is 5.69 Å². The largest absolute Gasteiger partial charge is 0.378 e. The minimum Gasteiger partial charge on any atom is -0.378 e. The minimum absolute atomic E-state index is 0.0159. The van der Waals surface area contributed by atoms with Crippen molar-refractivity contribution >= 4 is 23.1 Å². The number of ketones is 1. The molecule has 0 spiro atoms. The third kappa shape index (κ3) is 2.59. The van der Waals surface area contributed by atoms with Gasteiger partial charge in [0.25, 0.3) is 0 Å². The topological polar surface area (TPSA) is 25.2 Å². The van der Waals surface area contributed by atoms with Gasteiger partial charge in [0.2, 0.25) is 0 Å². The highest BCUT2D eigenvalue weighted by Crippen LogP contribution is 2.24. The summed E-state index contributed by atoms with van der Waals surface area (Å²) in [6.07, 6.45) is 0. The number of hydrogen-bond acceptors (Lipinski definition) is 2. The van der Waals surface area contributed by atoms with Crippen molar-refractivity contribution in [1.29, 1.82) is 0 Å². The fraction of sp³-hybridized carbons (Fsp3) is 0.312. The summed E-state index contributed by atoms with van der Waals surface area (Å²) in [5.74, 6) is -0.0167. The van der Waals surface area contributed by atoms with E-state index in [0.717, 1.165) is 22.8 Å². The maximum Gasteiger partial charge on any atom is 0.179 e. The van der Waals surface area contributed by atoms with Gasteiger partial charge in [-0.3, -0.25) is 4.79 Å². The van der Waals surface area contributed by atoms with Gasteiger partial charge in [-0.25, -0.2) is 0 Å². The lowest BCUT2D eigenvalue weighted by Gasteiger charge is -2.16. The van der Waals surface area contributed by atoms with Crippen LogP contribution in [0.2, 0.25) is 0 Å². The summed E-state index contributed by atoms with van der Waals surface area (Å²) in [5.41, 5.74) is 4.85. The molecule has 0 saturated carbocycles. The summed E-state index contributed by atoms with van der Waals surface area (Å²) in [5, 5.41) is 0. The van der Waals surface area contributed by atoms with E-state index in [1.165, 1.54) is 0 Å². The van der Waals surface area contributed by atoms with Crippen LogP contribution in [0.4, 0.5) is 5.69 Å². The standard InChI is InChI=1S/C16H19ClN2O/c1-11-8-15(16(20)10-17)12(2)19(11)14-7-5-6-13(9-14)18(3)4/h5-9H,10H2,1-4H3. The highest BCUT2D eigenvalue weighted by molar-refractivity contribution is 6.30. The van der Waals surface area contributed by atoms with Gasteiger partial charge in [-0.1, -0.05) is 6.07 Å². The van der Waals surface area contributed by atoms with E-state index in [1.54, 1.807) is 0 Å². The molecule has 0 aliphatic carbocycles. The number of halogens is 1. The van der Waals surface area contributed by atoms with Crippen LogP contribution < -0.4 is 4.90 Å². The van der Waals surface area contributed by atoms with Gasteiger partial charge in [-0.2, -0.15) is 0 Å². The number of rotatable bonds is 4. The van der Waals surface area contributed by atoms with Crippen molar-refractivity contribution in [3.63, 3.8) is 0 Å². The number of nitrogens with zero attached hydrogens (tertiary/aromatic N) is 2. The number of carbonyl (C=O) groups excluding carboxylic acids is 1. The van der Waals surface area contributed by atoms with Crippen LogP contribution in [0.1, 0.15) is 21.7 Å². The highest BCUT2D eigenvalue weighted by Gasteiger charge is 2.16. The molecule has 0 N–H and O–H groups in total. The summed E-state index contributed by atoms with van der Waals surface area (Å²) < 4.78 is 2.09. The zero-order chi connectivity index (χ0) is 14.9. The first kappa shape index (κ1) is 14.7. The number of alkyl halides is 1. The van der Waals surface area contributed by atoms with Crippen LogP contribution in [0, 0.1) is 13.8 Å². The van der Waals surface area contributed by atoms with E-state index >= 15 is 0 Å². The van der Waals surface area contributed by atoms with E-state index in [2.05, 4.69) is 21.6 Å². The van der Waals surface area contributed by atoms with Crippen LogP contribution in [0.15, 0.2) is 30.3 Å². The summed E-state index contributed by atoms with van der Waals surface area (Å²) in [6.45, 7) is 3.95. The van der Waals surface area contributed by atoms with Crippen molar-refractivity contribution in [3.8, 4) is 5.69 Å². The fourth-order valence-electron chi connectivity index (χ4n) is 2.42. The van der Waals surface area contributed by atoms with Crippen molar-refractivity contribution in [2.45, 2.75) is 13.8 Å². The van der Waals surface area contributed by atoms with E-state index in [-0.39, 0.29) is 11.7 Å². The molecule has 2 rings (SSSR count). The van der Waals surface area contributed by atoms with Crippen LogP contribution in [-0.2, 0) is 0 Å². The van der Waals surface area contributed by atoms with E-state index in [1.807, 2.05) is 46.1 Å². The van der Waals surface area contributed by atoms with Crippen molar-refractivity contribution in [2.75, 3.05) is 24.9 Å². The molecule has 4 heteroatoms. The average Bonchev–Trinajstić information content (AvgIpc) is 2.73. The first-order valence-electron chi connectivity index (χ1n) is 6.51. The Morgan fingerprint density at radius 2 is 1.95 bits per heavy atom. The third-order valence-electron chi connectivity index (χ3n) is 3.46. The normalized spacial score (nSPS) is 10.7. The van der Waals surface area contributed by atoms with Crippen molar-refractivity contribution in [3.05, 3.63) is 47.3 Å². The Morgan fingerprint density at radius 3 is 2.55 bits per heavy atom. The summed E-state index contributed by atoms with van der Waals surface area (Å²) in [7, 11) is 4.02. The smallest absolute Gasteiger partial charge is 0.179 e. The van der Waals surface area contributed by atoms with E-state index in [9.17, 15) is 4.79 Å². The van der Waals surface area contributed by atoms with E-state index in [0.29, 0.717) is 5.56 Å². The molecule has 20 heavy (non-hydrogen) atoms. The maximum atomic E-state index is 11.9. The van der Waals surface area contributed by atoms with E-state index < -0.39 is 0 Å². The Labute approximate surface area is 124 Å². The summed E-state index contributed by atoms with van der Waals surface area (Å²) in [4.78, 5) is 13.9. The lowest BCUT2D eigenvalue weighted by atomic mass is 10.2. The second kappa shape index (κ2) is 5.71. The van der Waals surface area contributed by atoms with Gasteiger partial charge < -0.3 is 9.47 Å². The van der Waals surface area contributed by atoms with Gasteiger partial charge >= 0.3 is 0 Å². The minimum atomic E-state index is -0.0326. The SMILES string of the molecule is Cc1cc(C(=O)CCl)c(C)n1-c1cccc(N(C)C)c1. The molecule has 1 aromatic heterocycles. The Morgan fingerprint density at radius 1 is 1.25 bits per heavy atom. The lowest BCUT2D eigenvalue weighted by molar-refractivity contribution is 0.102. The van der Waals surface area contributed by atoms with Crippen molar-refractivity contribution in [2.24, 2.45) is 0 Å². The molecule has 0 atom stereocenters. The maximum absolute atomic E-state index is 11.9. The molecule has 0 bridgehead atoms. The van der Waals surface area contributed by atoms with E-state index in [4.69, 9.17) is 11.6 Å².